The van der Waals surface area contributed by atoms with Crippen LogP contribution in [0.15, 0.2) is 34.8 Å². The van der Waals surface area contributed by atoms with Crippen LogP contribution in [0.5, 0.6) is 0 Å². The summed E-state index contributed by atoms with van der Waals surface area (Å²) in [7, 11) is 0. The molecule has 2 heterocycles. The molecule has 94 valence electrons. The van der Waals surface area contributed by atoms with Gasteiger partial charge in [-0.25, -0.2) is 15.0 Å². The van der Waals surface area contributed by atoms with Crippen LogP contribution in [0.3, 0.4) is 0 Å². The maximum atomic E-state index is 5.53. The monoisotopic (exact) mass is 260 g/mol. The van der Waals surface area contributed by atoms with Gasteiger partial charge in [-0.3, -0.25) is 0 Å². The number of hydrogen-bond acceptors (Lipinski definition) is 5. The molecule has 2 aromatic heterocycles. The minimum atomic E-state index is 0.648. The van der Waals surface area contributed by atoms with E-state index in [9.17, 15) is 0 Å². The zero-order valence-electron chi connectivity index (χ0n) is 10.6. The van der Waals surface area contributed by atoms with Gasteiger partial charge in [-0.1, -0.05) is 6.07 Å². The van der Waals surface area contributed by atoms with Crippen LogP contribution in [-0.4, -0.2) is 21.5 Å². The Balaban J connectivity index is 2.16. The Labute approximate surface area is 111 Å². The van der Waals surface area contributed by atoms with Gasteiger partial charge >= 0.3 is 0 Å². The smallest absolute Gasteiger partial charge is 0.193 e. The number of rotatable bonds is 4. The first-order valence-corrected chi connectivity index (χ1v) is 6.63. The minimum Gasteiger partial charge on any atom is -0.330 e. The van der Waals surface area contributed by atoms with E-state index in [0.717, 1.165) is 27.7 Å². The SMILES string of the molecule is Cc1cnc(Sc2ncc(CCN)cc2C)nc1. The van der Waals surface area contributed by atoms with Crippen molar-refractivity contribution in [3.63, 3.8) is 0 Å². The molecule has 0 aliphatic heterocycles. The molecule has 0 radical (unpaired) electrons. The Morgan fingerprint density at radius 1 is 1.11 bits per heavy atom. The van der Waals surface area contributed by atoms with Crippen LogP contribution >= 0.6 is 11.8 Å². The van der Waals surface area contributed by atoms with E-state index in [2.05, 4.69) is 21.0 Å². The molecule has 2 rings (SSSR count). The Kier molecular flexibility index (Phi) is 4.28. The number of aromatic nitrogens is 3. The van der Waals surface area contributed by atoms with E-state index in [1.165, 1.54) is 17.3 Å². The Bertz CT molecular complexity index is 525. The molecular weight excluding hydrogens is 244 g/mol. The summed E-state index contributed by atoms with van der Waals surface area (Å²) < 4.78 is 0. The van der Waals surface area contributed by atoms with Gasteiger partial charge in [0, 0.05) is 18.6 Å². The van der Waals surface area contributed by atoms with Gasteiger partial charge in [0.1, 0.15) is 5.03 Å². The van der Waals surface area contributed by atoms with Crippen molar-refractivity contribution < 1.29 is 0 Å². The number of hydrogen-bond donors (Lipinski definition) is 1. The van der Waals surface area contributed by atoms with Crippen LogP contribution in [0, 0.1) is 13.8 Å². The van der Waals surface area contributed by atoms with Crippen LogP contribution in [0.2, 0.25) is 0 Å². The van der Waals surface area contributed by atoms with Gasteiger partial charge < -0.3 is 5.73 Å². The summed E-state index contributed by atoms with van der Waals surface area (Å²) in [6.45, 7) is 4.66. The van der Waals surface area contributed by atoms with Crippen molar-refractivity contribution in [2.75, 3.05) is 6.54 Å². The molecule has 0 saturated carbocycles. The third-order valence-electron chi connectivity index (χ3n) is 2.47. The molecule has 0 aliphatic carbocycles. The maximum Gasteiger partial charge on any atom is 0.193 e. The van der Waals surface area contributed by atoms with Crippen molar-refractivity contribution in [1.82, 2.24) is 15.0 Å². The second-order valence-corrected chi connectivity index (χ2v) is 5.11. The Morgan fingerprint density at radius 2 is 1.83 bits per heavy atom. The molecule has 0 aliphatic rings. The summed E-state index contributed by atoms with van der Waals surface area (Å²) in [6.07, 6.45) is 6.36. The molecule has 0 bridgehead atoms. The fourth-order valence-corrected chi connectivity index (χ4v) is 2.26. The maximum absolute atomic E-state index is 5.53. The molecule has 5 heteroatoms. The van der Waals surface area contributed by atoms with Crippen LogP contribution in [0.4, 0.5) is 0 Å². The second-order valence-electron chi connectivity index (χ2n) is 4.15. The molecular formula is C13H16N4S. The van der Waals surface area contributed by atoms with Gasteiger partial charge in [-0.2, -0.15) is 0 Å². The number of nitrogens with zero attached hydrogens (tertiary/aromatic N) is 3. The van der Waals surface area contributed by atoms with Crippen molar-refractivity contribution in [2.24, 2.45) is 5.73 Å². The van der Waals surface area contributed by atoms with Gasteiger partial charge in [0.2, 0.25) is 0 Å². The van der Waals surface area contributed by atoms with Gasteiger partial charge in [-0.15, -0.1) is 0 Å². The zero-order chi connectivity index (χ0) is 13.0. The van der Waals surface area contributed by atoms with Crippen molar-refractivity contribution >= 4 is 11.8 Å². The lowest BCUT2D eigenvalue weighted by Crippen LogP contribution is -2.03. The number of aryl methyl sites for hydroxylation is 2. The largest absolute Gasteiger partial charge is 0.330 e. The average Bonchev–Trinajstić information content (AvgIpc) is 2.36. The summed E-state index contributed by atoms with van der Waals surface area (Å²) in [5, 5.41) is 1.67. The lowest BCUT2D eigenvalue weighted by atomic mass is 10.2. The van der Waals surface area contributed by atoms with E-state index < -0.39 is 0 Å². The highest BCUT2D eigenvalue weighted by Crippen LogP contribution is 2.25. The average molecular weight is 260 g/mol. The fraction of sp³-hybridized carbons (Fsp3) is 0.308. The number of pyridine rings is 1. The van der Waals surface area contributed by atoms with Gasteiger partial charge in [-0.05, 0) is 55.3 Å². The summed E-state index contributed by atoms with van der Waals surface area (Å²) in [5.41, 5.74) is 8.90. The van der Waals surface area contributed by atoms with Crippen LogP contribution in [0.1, 0.15) is 16.7 Å². The van der Waals surface area contributed by atoms with E-state index in [1.807, 2.05) is 32.4 Å². The first-order chi connectivity index (χ1) is 8.69. The molecule has 0 fully saturated rings. The molecule has 0 spiro atoms. The molecule has 0 aromatic carbocycles. The predicted octanol–water partition coefficient (Wildman–Crippen LogP) is 2.14. The summed E-state index contributed by atoms with van der Waals surface area (Å²) >= 11 is 1.49. The first-order valence-electron chi connectivity index (χ1n) is 5.81. The predicted molar refractivity (Wildman–Crippen MR) is 72.6 cm³/mol. The molecule has 0 amide bonds. The molecule has 0 unspecified atom stereocenters. The standard InChI is InChI=1S/C13H16N4S/c1-9-6-16-13(17-7-9)18-12-10(2)5-11(3-4-14)8-15-12/h5-8H,3-4,14H2,1-2H3. The second kappa shape index (κ2) is 5.93. The fourth-order valence-electron chi connectivity index (χ4n) is 1.55. The molecule has 0 atom stereocenters. The van der Waals surface area contributed by atoms with Gasteiger partial charge in [0.15, 0.2) is 5.16 Å². The lowest BCUT2D eigenvalue weighted by Gasteiger charge is -2.05. The van der Waals surface area contributed by atoms with Crippen molar-refractivity contribution in [1.29, 1.82) is 0 Å². The minimum absolute atomic E-state index is 0.648. The lowest BCUT2D eigenvalue weighted by molar-refractivity contribution is 0.922. The zero-order valence-corrected chi connectivity index (χ0v) is 11.4. The Hall–Kier alpha value is -1.46. The summed E-state index contributed by atoms with van der Waals surface area (Å²) in [5.74, 6) is 0. The Morgan fingerprint density at radius 3 is 2.44 bits per heavy atom. The van der Waals surface area contributed by atoms with Crippen LogP contribution in [-0.2, 0) is 6.42 Å². The topological polar surface area (TPSA) is 64.7 Å². The van der Waals surface area contributed by atoms with Crippen molar-refractivity contribution in [3.05, 3.63) is 41.3 Å². The highest BCUT2D eigenvalue weighted by molar-refractivity contribution is 7.99. The van der Waals surface area contributed by atoms with Crippen molar-refractivity contribution in [3.8, 4) is 0 Å². The summed E-state index contributed by atoms with van der Waals surface area (Å²) in [6, 6.07) is 2.12. The van der Waals surface area contributed by atoms with Crippen LogP contribution < -0.4 is 5.73 Å². The van der Waals surface area contributed by atoms with Crippen molar-refractivity contribution in [2.45, 2.75) is 30.5 Å². The highest BCUT2D eigenvalue weighted by atomic mass is 32.2. The molecule has 0 saturated heterocycles. The molecule has 4 nitrogen and oxygen atoms in total. The molecule has 18 heavy (non-hydrogen) atoms. The van der Waals surface area contributed by atoms with Gasteiger partial charge in [0.05, 0.1) is 0 Å². The van der Waals surface area contributed by atoms with Crippen LogP contribution in [0.25, 0.3) is 0 Å². The molecule has 2 N–H and O–H groups in total. The molecule has 2 aromatic rings. The third kappa shape index (κ3) is 3.27. The summed E-state index contributed by atoms with van der Waals surface area (Å²) in [4.78, 5) is 13.0. The first kappa shape index (κ1) is 13.0. The van der Waals surface area contributed by atoms with E-state index in [1.54, 1.807) is 0 Å². The van der Waals surface area contributed by atoms with E-state index >= 15 is 0 Å². The normalized spacial score (nSPS) is 10.6. The van der Waals surface area contributed by atoms with E-state index in [0.29, 0.717) is 6.54 Å². The van der Waals surface area contributed by atoms with E-state index in [4.69, 9.17) is 5.73 Å². The van der Waals surface area contributed by atoms with E-state index in [-0.39, 0.29) is 0 Å². The third-order valence-corrected chi connectivity index (χ3v) is 3.48. The van der Waals surface area contributed by atoms with Gasteiger partial charge in [0.25, 0.3) is 0 Å². The number of nitrogens with two attached hydrogens (primary N) is 1. The quantitative estimate of drug-likeness (QED) is 0.853. The highest BCUT2D eigenvalue weighted by Gasteiger charge is 2.06.